The highest BCUT2D eigenvalue weighted by Crippen LogP contribution is 2.43. The smallest absolute Gasteiger partial charge is 0.245 e. The summed E-state index contributed by atoms with van der Waals surface area (Å²) in [5, 5.41) is 7.22. The third-order valence-electron chi connectivity index (χ3n) is 8.18. The molecule has 7 rings (SSSR count). The van der Waals surface area contributed by atoms with E-state index in [0.29, 0.717) is 30.7 Å². The Kier molecular flexibility index (Phi) is 7.66. The average Bonchev–Trinajstić information content (AvgIpc) is 3.57. The van der Waals surface area contributed by atoms with Gasteiger partial charge in [0.2, 0.25) is 11.8 Å². The number of nitrogens with zero attached hydrogens (tertiary/aromatic N) is 4. The molecule has 0 N–H and O–H groups in total. The Bertz CT molecular complexity index is 2190. The van der Waals surface area contributed by atoms with Gasteiger partial charge in [-0.2, -0.15) is 4.68 Å². The van der Waals surface area contributed by atoms with E-state index in [0.717, 1.165) is 61.5 Å². The normalized spacial score (nSPS) is 11.3. The Labute approximate surface area is 268 Å². The molecule has 230 valence electrons. The Balaban J connectivity index is 1.32. The predicted octanol–water partition coefficient (Wildman–Crippen LogP) is 9.55. The summed E-state index contributed by atoms with van der Waals surface area (Å²) in [6.07, 6.45) is 1.85. The van der Waals surface area contributed by atoms with Gasteiger partial charge in [-0.25, -0.2) is 4.98 Å². The zero-order chi connectivity index (χ0) is 31.8. The molecule has 0 aliphatic heterocycles. The summed E-state index contributed by atoms with van der Waals surface area (Å²) in [6, 6.07) is 32.9. The highest BCUT2D eigenvalue weighted by Gasteiger charge is 2.26. The molecular weight excluding hydrogens is 572 g/mol. The van der Waals surface area contributed by atoms with Gasteiger partial charge in [0.05, 0.1) is 29.9 Å². The summed E-state index contributed by atoms with van der Waals surface area (Å²) in [7, 11) is 0. The highest BCUT2D eigenvalue weighted by molar-refractivity contribution is 6.09. The van der Waals surface area contributed by atoms with Crippen LogP contribution in [0.2, 0.25) is 0 Å². The zero-order valence-corrected chi connectivity index (χ0v) is 26.7. The maximum Gasteiger partial charge on any atom is 0.245 e. The van der Waals surface area contributed by atoms with Crippen LogP contribution in [0.15, 0.2) is 103 Å². The van der Waals surface area contributed by atoms with Crippen LogP contribution >= 0.6 is 0 Å². The molecule has 7 nitrogen and oxygen atoms in total. The van der Waals surface area contributed by atoms with Gasteiger partial charge in [0, 0.05) is 29.1 Å². The fourth-order valence-corrected chi connectivity index (χ4v) is 6.21. The van der Waals surface area contributed by atoms with Gasteiger partial charge in [-0.05, 0) is 99.3 Å². The highest BCUT2D eigenvalue weighted by atomic mass is 16.5. The number of ether oxygens (including phenoxy) is 3. The van der Waals surface area contributed by atoms with E-state index >= 15 is 0 Å². The van der Waals surface area contributed by atoms with Crippen LogP contribution in [-0.4, -0.2) is 32.5 Å². The second kappa shape index (κ2) is 12.1. The summed E-state index contributed by atoms with van der Waals surface area (Å²) >= 11 is 0. The predicted molar refractivity (Wildman–Crippen MR) is 184 cm³/mol. The van der Waals surface area contributed by atoms with Crippen molar-refractivity contribution >= 4 is 21.8 Å². The Morgan fingerprint density at radius 1 is 0.652 bits per heavy atom. The average molecular weight is 609 g/mol. The molecule has 0 spiro atoms. The topological polar surface area (TPSA) is 63.3 Å². The van der Waals surface area contributed by atoms with Gasteiger partial charge in [-0.15, -0.1) is 5.10 Å². The van der Waals surface area contributed by atoms with E-state index in [1.165, 1.54) is 5.39 Å². The quantitative estimate of drug-likeness (QED) is 0.163. The van der Waals surface area contributed by atoms with Crippen LogP contribution in [-0.2, 0) is 0 Å². The summed E-state index contributed by atoms with van der Waals surface area (Å²) in [5.74, 6) is 3.45. The molecule has 7 heteroatoms. The minimum atomic E-state index is 0.481. The van der Waals surface area contributed by atoms with Gasteiger partial charge in [0.1, 0.15) is 22.9 Å². The Morgan fingerprint density at radius 2 is 1.39 bits per heavy atom. The fourth-order valence-electron chi connectivity index (χ4n) is 6.21. The number of benzene rings is 4. The van der Waals surface area contributed by atoms with Gasteiger partial charge in [-0.1, -0.05) is 42.5 Å². The molecule has 0 amide bonds. The molecule has 0 atom stereocenters. The fraction of sp³-hybridized carbons (Fsp3) is 0.179. The van der Waals surface area contributed by atoms with E-state index in [9.17, 15) is 0 Å². The first-order chi connectivity index (χ1) is 22.5. The lowest BCUT2D eigenvalue weighted by atomic mass is 9.97. The van der Waals surface area contributed by atoms with Crippen LogP contribution < -0.4 is 14.2 Å². The summed E-state index contributed by atoms with van der Waals surface area (Å²) in [5.41, 5.74) is 8.27. The van der Waals surface area contributed by atoms with Gasteiger partial charge < -0.3 is 14.2 Å². The molecule has 3 aromatic heterocycles. The zero-order valence-electron chi connectivity index (χ0n) is 26.7. The van der Waals surface area contributed by atoms with Crippen molar-refractivity contribution in [2.45, 2.75) is 34.6 Å². The minimum Gasteiger partial charge on any atom is -0.477 e. The minimum absolute atomic E-state index is 0.481. The number of aryl methyl sites for hydroxylation is 3. The van der Waals surface area contributed by atoms with Gasteiger partial charge in [-0.3, -0.25) is 4.57 Å². The van der Waals surface area contributed by atoms with Crippen LogP contribution in [0.4, 0.5) is 0 Å². The van der Waals surface area contributed by atoms with Crippen molar-refractivity contribution < 1.29 is 14.2 Å². The molecule has 4 aromatic carbocycles. The number of hydrogen-bond acceptors (Lipinski definition) is 5. The van der Waals surface area contributed by atoms with Gasteiger partial charge in [0.15, 0.2) is 0 Å². The lowest BCUT2D eigenvalue weighted by molar-refractivity contribution is 0.316. The van der Waals surface area contributed by atoms with E-state index in [1.807, 2.05) is 61.1 Å². The first-order valence-electron chi connectivity index (χ1n) is 15.7. The maximum absolute atomic E-state index is 6.52. The molecule has 0 unspecified atom stereocenters. The number of hydrogen-bond donors (Lipinski definition) is 0. The first kappa shape index (κ1) is 29.2. The van der Waals surface area contributed by atoms with E-state index in [1.54, 1.807) is 0 Å². The molecule has 0 bridgehead atoms. The van der Waals surface area contributed by atoms with Crippen molar-refractivity contribution in [1.29, 1.82) is 0 Å². The van der Waals surface area contributed by atoms with Crippen molar-refractivity contribution in [3.8, 4) is 45.9 Å². The molecular formula is C39H36N4O3. The standard InChI is InChI=1S/C39H36N4O3/c1-6-44-38-37(36-26(4)12-10-13-27(36)5)39(45-7-2)43(41-38)28-14-11-15-29(23-28)46-30-18-19-32-31-16-8-9-17-33(31)42(34(32)24-30)35-22-25(3)20-21-40-35/h8-24H,6-7H2,1-5H3. The number of pyridine rings is 1. The Morgan fingerprint density at radius 3 is 2.17 bits per heavy atom. The van der Waals surface area contributed by atoms with Crippen LogP contribution in [0.1, 0.15) is 30.5 Å². The van der Waals surface area contributed by atoms with Crippen LogP contribution in [0, 0.1) is 20.8 Å². The van der Waals surface area contributed by atoms with Gasteiger partial charge in [0.25, 0.3) is 0 Å². The van der Waals surface area contributed by atoms with E-state index < -0.39 is 0 Å². The van der Waals surface area contributed by atoms with E-state index in [-0.39, 0.29) is 0 Å². The molecule has 46 heavy (non-hydrogen) atoms. The number of fused-ring (bicyclic) bond motifs is 3. The van der Waals surface area contributed by atoms with E-state index in [4.69, 9.17) is 24.3 Å². The molecule has 0 aliphatic carbocycles. The lowest BCUT2D eigenvalue weighted by Crippen LogP contribution is -2.04. The lowest BCUT2D eigenvalue weighted by Gasteiger charge is -2.14. The monoisotopic (exact) mass is 608 g/mol. The molecule has 0 saturated carbocycles. The number of rotatable bonds is 9. The Hall–Kier alpha value is -5.56. The summed E-state index contributed by atoms with van der Waals surface area (Å²) in [4.78, 5) is 4.71. The first-order valence-corrected chi connectivity index (χ1v) is 15.7. The van der Waals surface area contributed by atoms with Crippen molar-refractivity contribution in [1.82, 2.24) is 19.3 Å². The largest absolute Gasteiger partial charge is 0.477 e. The molecule has 0 saturated heterocycles. The molecule has 0 fully saturated rings. The second-order valence-electron chi connectivity index (χ2n) is 11.4. The van der Waals surface area contributed by atoms with E-state index in [2.05, 4.69) is 86.0 Å². The molecule has 3 heterocycles. The maximum atomic E-state index is 6.52. The summed E-state index contributed by atoms with van der Waals surface area (Å²) in [6.45, 7) is 11.2. The number of aromatic nitrogens is 4. The molecule has 0 radical (unpaired) electrons. The third-order valence-corrected chi connectivity index (χ3v) is 8.18. The van der Waals surface area contributed by atoms with Crippen molar-refractivity contribution in [2.24, 2.45) is 0 Å². The van der Waals surface area contributed by atoms with Crippen molar-refractivity contribution in [3.05, 3.63) is 120 Å². The second-order valence-corrected chi connectivity index (χ2v) is 11.4. The molecule has 0 aliphatic rings. The molecule has 7 aromatic rings. The SMILES string of the molecule is CCOc1nn(-c2cccc(Oc3ccc4c5ccccc5n(-c5cc(C)ccn5)c4c3)c2)c(OCC)c1-c1c(C)cccc1C. The van der Waals surface area contributed by atoms with Crippen LogP contribution in [0.5, 0.6) is 23.3 Å². The number of para-hydroxylation sites is 1. The third kappa shape index (κ3) is 5.13. The van der Waals surface area contributed by atoms with Gasteiger partial charge >= 0.3 is 0 Å². The van der Waals surface area contributed by atoms with Crippen molar-refractivity contribution in [3.63, 3.8) is 0 Å². The summed E-state index contributed by atoms with van der Waals surface area (Å²) < 4.78 is 22.9. The van der Waals surface area contributed by atoms with Crippen LogP contribution in [0.25, 0.3) is 44.4 Å². The van der Waals surface area contributed by atoms with Crippen LogP contribution in [0.3, 0.4) is 0 Å². The van der Waals surface area contributed by atoms with Crippen molar-refractivity contribution in [2.75, 3.05) is 13.2 Å².